The molecule has 0 saturated heterocycles. The van der Waals surface area contributed by atoms with Crippen LogP contribution in [-0.2, 0) is 4.79 Å². The Kier molecular flexibility index (Phi) is 5.24. The molecule has 0 unspecified atom stereocenters. The monoisotopic (exact) mass is 246 g/mol. The van der Waals surface area contributed by atoms with Crippen molar-refractivity contribution in [3.63, 3.8) is 0 Å². The Morgan fingerprint density at radius 3 is 2.83 bits per heavy atom. The van der Waals surface area contributed by atoms with E-state index >= 15 is 0 Å². The summed E-state index contributed by atoms with van der Waals surface area (Å²) < 4.78 is 0. The molecule has 0 atom stereocenters. The van der Waals surface area contributed by atoms with Gasteiger partial charge in [-0.3, -0.25) is 4.79 Å². The largest absolute Gasteiger partial charge is 1.00 e. The summed E-state index contributed by atoms with van der Waals surface area (Å²) in [5.41, 5.74) is 1.74. The summed E-state index contributed by atoms with van der Waals surface area (Å²) in [7, 11) is 0. The predicted molar refractivity (Wildman–Crippen MR) is 65.1 cm³/mol. The van der Waals surface area contributed by atoms with Gasteiger partial charge >= 0.3 is 29.6 Å². The Hall–Kier alpha value is -1.47. The molecule has 84 valence electrons. The van der Waals surface area contributed by atoms with Gasteiger partial charge < -0.3 is 4.90 Å². The Morgan fingerprint density at radius 2 is 2.17 bits per heavy atom. The second kappa shape index (κ2) is 6.46. The second-order valence-electron chi connectivity index (χ2n) is 3.57. The zero-order chi connectivity index (χ0) is 12.3. The molecule has 1 aromatic rings. The summed E-state index contributed by atoms with van der Waals surface area (Å²) in [4.78, 5) is 13.2. The number of fused-ring (bicyclic) bond motifs is 1. The average Bonchev–Trinajstić information content (AvgIpc) is 2.37. The SMILES string of the molecule is C/C=C/C(=O)N1C=Cc2ccccc2[C-]1C#N.[Na+]. The molecule has 1 amide bonds. The fourth-order valence-corrected chi connectivity index (χ4v) is 1.74. The number of allylic oxidation sites excluding steroid dienone is 1. The van der Waals surface area contributed by atoms with E-state index in [-0.39, 0.29) is 35.5 Å². The summed E-state index contributed by atoms with van der Waals surface area (Å²) >= 11 is 0. The number of hydrogen-bond donors (Lipinski definition) is 0. The average molecular weight is 246 g/mol. The van der Waals surface area contributed by atoms with Crippen LogP contribution in [0, 0.1) is 17.4 Å². The number of carbonyl (C=O) groups is 1. The predicted octanol–water partition coefficient (Wildman–Crippen LogP) is -0.517. The van der Waals surface area contributed by atoms with Crippen LogP contribution >= 0.6 is 0 Å². The van der Waals surface area contributed by atoms with Crippen LogP contribution in [0.4, 0.5) is 0 Å². The molecule has 0 saturated carbocycles. The fourth-order valence-electron chi connectivity index (χ4n) is 1.74. The van der Waals surface area contributed by atoms with Crippen LogP contribution in [0.3, 0.4) is 0 Å². The van der Waals surface area contributed by atoms with Crippen molar-refractivity contribution in [2.75, 3.05) is 0 Å². The maximum absolute atomic E-state index is 11.8. The van der Waals surface area contributed by atoms with Crippen LogP contribution in [0.2, 0.25) is 0 Å². The van der Waals surface area contributed by atoms with Gasteiger partial charge in [0, 0.05) is 12.1 Å². The minimum atomic E-state index is -0.213. The van der Waals surface area contributed by atoms with E-state index in [1.807, 2.05) is 30.3 Å². The fraction of sp³-hybridized carbons (Fsp3) is 0.0714. The van der Waals surface area contributed by atoms with Gasteiger partial charge in [0.05, 0.1) is 0 Å². The van der Waals surface area contributed by atoms with E-state index in [9.17, 15) is 10.1 Å². The van der Waals surface area contributed by atoms with Crippen molar-refractivity contribution in [3.8, 4) is 6.07 Å². The van der Waals surface area contributed by atoms with E-state index in [1.165, 1.54) is 11.0 Å². The molecule has 0 aromatic heterocycles. The molecule has 18 heavy (non-hydrogen) atoms. The van der Waals surface area contributed by atoms with Crippen molar-refractivity contribution in [2.24, 2.45) is 0 Å². The van der Waals surface area contributed by atoms with Crippen LogP contribution in [-0.4, -0.2) is 10.8 Å². The van der Waals surface area contributed by atoms with Crippen LogP contribution in [0.5, 0.6) is 0 Å². The van der Waals surface area contributed by atoms with Crippen molar-refractivity contribution >= 4 is 12.0 Å². The van der Waals surface area contributed by atoms with Crippen molar-refractivity contribution in [1.82, 2.24) is 4.90 Å². The molecule has 0 bridgehead atoms. The first kappa shape index (κ1) is 14.6. The molecule has 1 aliphatic heterocycles. The number of benzene rings is 1. The van der Waals surface area contributed by atoms with E-state index in [4.69, 9.17) is 0 Å². The number of carbonyl (C=O) groups excluding carboxylic acids is 1. The molecule has 0 aliphatic carbocycles. The van der Waals surface area contributed by atoms with Crippen molar-refractivity contribution in [2.45, 2.75) is 6.92 Å². The van der Waals surface area contributed by atoms with Gasteiger partial charge in [0.15, 0.2) is 0 Å². The van der Waals surface area contributed by atoms with E-state index in [0.29, 0.717) is 6.04 Å². The smallest absolute Gasteiger partial charge is 0.330 e. The first-order valence-corrected chi connectivity index (χ1v) is 5.28. The maximum Gasteiger partial charge on any atom is 1.00 e. The third-order valence-electron chi connectivity index (χ3n) is 2.51. The molecule has 2 rings (SSSR count). The molecular formula is C14H11N2NaO. The summed E-state index contributed by atoms with van der Waals surface area (Å²) in [6, 6.07) is 9.97. The number of amides is 1. The van der Waals surface area contributed by atoms with Gasteiger partial charge in [-0.05, 0) is 19.2 Å². The van der Waals surface area contributed by atoms with Gasteiger partial charge in [0.1, 0.15) is 0 Å². The Balaban J connectivity index is 0.00000162. The van der Waals surface area contributed by atoms with E-state index in [0.717, 1.165) is 11.1 Å². The zero-order valence-electron chi connectivity index (χ0n) is 10.4. The molecule has 4 heteroatoms. The maximum atomic E-state index is 11.8. The van der Waals surface area contributed by atoms with E-state index in [1.54, 1.807) is 19.2 Å². The van der Waals surface area contributed by atoms with Gasteiger partial charge in [-0.15, -0.1) is 23.3 Å². The second-order valence-corrected chi connectivity index (χ2v) is 3.57. The van der Waals surface area contributed by atoms with Crippen LogP contribution < -0.4 is 29.6 Å². The van der Waals surface area contributed by atoms with Crippen molar-refractivity contribution in [1.29, 1.82) is 5.26 Å². The number of hydrogen-bond acceptors (Lipinski definition) is 2. The third-order valence-corrected chi connectivity index (χ3v) is 2.51. The molecule has 0 fully saturated rings. The Bertz CT molecular complexity index is 543. The number of nitrogens with zero attached hydrogens (tertiary/aromatic N) is 2. The van der Waals surface area contributed by atoms with Crippen molar-refractivity contribution in [3.05, 3.63) is 59.8 Å². The molecule has 1 heterocycles. The van der Waals surface area contributed by atoms with Crippen molar-refractivity contribution < 1.29 is 34.4 Å². The minimum absolute atomic E-state index is 0. The molecule has 0 radical (unpaired) electrons. The van der Waals surface area contributed by atoms with Gasteiger partial charge in [-0.25, -0.2) is 5.26 Å². The Morgan fingerprint density at radius 1 is 1.44 bits per heavy atom. The summed E-state index contributed by atoms with van der Waals surface area (Å²) in [5.74, 6) is -0.213. The Labute approximate surface area is 129 Å². The van der Waals surface area contributed by atoms with Gasteiger partial charge in [0.2, 0.25) is 5.91 Å². The van der Waals surface area contributed by atoms with Crippen LogP contribution in [0.1, 0.15) is 18.1 Å². The molecule has 1 aliphatic rings. The quantitative estimate of drug-likeness (QED) is 0.380. The summed E-state index contributed by atoms with van der Waals surface area (Å²) in [6.45, 7) is 1.77. The van der Waals surface area contributed by atoms with Crippen LogP contribution in [0.15, 0.2) is 42.6 Å². The zero-order valence-corrected chi connectivity index (χ0v) is 12.4. The third kappa shape index (κ3) is 2.68. The van der Waals surface area contributed by atoms with Gasteiger partial charge in [0.25, 0.3) is 0 Å². The van der Waals surface area contributed by atoms with Gasteiger partial charge in [-0.2, -0.15) is 6.07 Å². The van der Waals surface area contributed by atoms with E-state index in [2.05, 4.69) is 6.07 Å². The van der Waals surface area contributed by atoms with Crippen LogP contribution in [0.25, 0.3) is 6.08 Å². The summed E-state index contributed by atoms with van der Waals surface area (Å²) in [5, 5.41) is 9.19. The molecule has 0 spiro atoms. The van der Waals surface area contributed by atoms with E-state index < -0.39 is 0 Å². The molecule has 0 N–H and O–H groups in total. The first-order valence-electron chi connectivity index (χ1n) is 5.28. The first-order chi connectivity index (χ1) is 8.27. The topological polar surface area (TPSA) is 44.1 Å². The minimum Gasteiger partial charge on any atom is -0.330 e. The normalized spacial score (nSPS) is 12.9. The standard InChI is InChI=1S/C14H11N2O.Na/c1-2-5-14(17)16-9-8-11-6-3-4-7-12(11)13(16)10-15;/h2-9H,1H3;/q-1;+1/b5-2+;. The molecular weight excluding hydrogens is 235 g/mol. The summed E-state index contributed by atoms with van der Waals surface area (Å²) in [6.07, 6.45) is 6.56. The number of rotatable bonds is 1. The molecule has 3 nitrogen and oxygen atoms in total. The number of nitriles is 1. The van der Waals surface area contributed by atoms with Gasteiger partial charge in [-0.1, -0.05) is 18.2 Å². The molecule has 1 aromatic carbocycles.